The summed E-state index contributed by atoms with van der Waals surface area (Å²) in [5.41, 5.74) is 1.09. The topological polar surface area (TPSA) is 89.3 Å². The van der Waals surface area contributed by atoms with Crippen LogP contribution in [-0.2, 0) is 14.8 Å². The summed E-state index contributed by atoms with van der Waals surface area (Å²) < 4.78 is 58.6. The summed E-state index contributed by atoms with van der Waals surface area (Å²) in [4.78, 5) is 11.4. The molecule has 0 radical (unpaired) electrons. The van der Waals surface area contributed by atoms with Crippen LogP contribution in [0.5, 0.6) is 0 Å². The number of rotatable bonds is 4. The minimum absolute atomic E-state index is 0.120. The van der Waals surface area contributed by atoms with E-state index < -0.39 is 34.9 Å². The normalized spacial score (nSPS) is 12.3. The molecule has 0 aliphatic carbocycles. The second kappa shape index (κ2) is 6.02. The van der Waals surface area contributed by atoms with Crippen LogP contribution < -0.4 is 10.5 Å². The van der Waals surface area contributed by atoms with Crippen molar-refractivity contribution in [1.29, 1.82) is 0 Å². The number of nitrogens with one attached hydrogen (secondary N) is 1. The van der Waals surface area contributed by atoms with Crippen molar-refractivity contribution in [2.24, 2.45) is 5.14 Å². The molecule has 0 spiro atoms. The predicted molar refractivity (Wildman–Crippen MR) is 71.2 cm³/mol. The third-order valence-electron chi connectivity index (χ3n) is 2.73. The molecule has 1 rings (SSSR count). The van der Waals surface area contributed by atoms with Gasteiger partial charge in [-0.05, 0) is 37.1 Å². The Morgan fingerprint density at radius 2 is 1.71 bits per heavy atom. The minimum atomic E-state index is -4.40. The fourth-order valence-electron chi connectivity index (χ4n) is 1.74. The third-order valence-corrected chi connectivity index (χ3v) is 3.63. The van der Waals surface area contributed by atoms with Crippen LogP contribution in [0.4, 0.5) is 18.9 Å². The Kier molecular flexibility index (Phi) is 5.00. The molecule has 1 aromatic rings. The number of primary sulfonamides is 1. The summed E-state index contributed by atoms with van der Waals surface area (Å²) in [5, 5.41) is 7.36. The van der Waals surface area contributed by atoms with Crippen LogP contribution in [0.1, 0.15) is 24.0 Å². The molecule has 0 aliphatic heterocycles. The van der Waals surface area contributed by atoms with E-state index in [2.05, 4.69) is 5.32 Å². The van der Waals surface area contributed by atoms with Crippen molar-refractivity contribution in [2.75, 3.05) is 5.32 Å². The standard InChI is InChI=1S/C12H15F3N2O3S/c1-7-5-9(21(16,19)20)6-8(2)11(7)17-10(18)3-4-12(13,14)15/h5-6H,3-4H2,1-2H3,(H,17,18)(H2,16,19,20). The molecular weight excluding hydrogens is 309 g/mol. The largest absolute Gasteiger partial charge is 0.389 e. The number of hydrogen-bond acceptors (Lipinski definition) is 3. The number of nitrogens with two attached hydrogens (primary N) is 1. The number of benzene rings is 1. The molecule has 0 heterocycles. The van der Waals surface area contributed by atoms with E-state index >= 15 is 0 Å². The molecule has 118 valence electrons. The highest BCUT2D eigenvalue weighted by atomic mass is 32.2. The molecule has 0 aliphatic rings. The van der Waals surface area contributed by atoms with Gasteiger partial charge in [-0.25, -0.2) is 13.6 Å². The van der Waals surface area contributed by atoms with E-state index in [1.165, 1.54) is 26.0 Å². The van der Waals surface area contributed by atoms with Crippen molar-refractivity contribution in [3.8, 4) is 0 Å². The molecule has 0 saturated carbocycles. The molecule has 0 unspecified atom stereocenters. The van der Waals surface area contributed by atoms with Crippen LogP contribution >= 0.6 is 0 Å². The molecule has 9 heteroatoms. The van der Waals surface area contributed by atoms with Crippen LogP contribution in [0.3, 0.4) is 0 Å². The van der Waals surface area contributed by atoms with E-state index in [4.69, 9.17) is 5.14 Å². The van der Waals surface area contributed by atoms with Crippen molar-refractivity contribution >= 4 is 21.6 Å². The van der Waals surface area contributed by atoms with Crippen LogP contribution in [0, 0.1) is 13.8 Å². The molecule has 3 N–H and O–H groups in total. The van der Waals surface area contributed by atoms with Crippen LogP contribution in [0.15, 0.2) is 17.0 Å². The highest BCUT2D eigenvalue weighted by molar-refractivity contribution is 7.89. The molecule has 0 fully saturated rings. The molecule has 0 saturated heterocycles. The van der Waals surface area contributed by atoms with E-state index in [0.717, 1.165) is 0 Å². The Labute approximate surface area is 120 Å². The zero-order valence-electron chi connectivity index (χ0n) is 11.4. The number of alkyl halides is 3. The fourth-order valence-corrected chi connectivity index (χ4v) is 2.42. The van der Waals surface area contributed by atoms with E-state index in [1.54, 1.807) is 0 Å². The van der Waals surface area contributed by atoms with Crippen LogP contribution in [0.25, 0.3) is 0 Å². The number of carbonyl (C=O) groups excluding carboxylic acids is 1. The number of amides is 1. The molecule has 5 nitrogen and oxygen atoms in total. The molecule has 0 aromatic heterocycles. The number of halogens is 3. The first-order valence-corrected chi connectivity index (χ1v) is 7.45. The van der Waals surface area contributed by atoms with Gasteiger partial charge in [0.05, 0.1) is 11.3 Å². The lowest BCUT2D eigenvalue weighted by Crippen LogP contribution is -2.18. The summed E-state index contributed by atoms with van der Waals surface area (Å²) in [7, 11) is -3.88. The Balaban J connectivity index is 2.93. The lowest BCUT2D eigenvalue weighted by atomic mass is 10.1. The lowest BCUT2D eigenvalue weighted by molar-refractivity contribution is -0.142. The van der Waals surface area contributed by atoms with Crippen molar-refractivity contribution in [3.63, 3.8) is 0 Å². The summed E-state index contributed by atoms with van der Waals surface area (Å²) >= 11 is 0. The average Bonchev–Trinajstić information content (AvgIpc) is 2.29. The third kappa shape index (κ3) is 5.35. The maximum absolute atomic E-state index is 12.0. The van der Waals surface area contributed by atoms with Gasteiger partial charge in [-0.1, -0.05) is 0 Å². The number of anilines is 1. The Bertz CT molecular complexity index is 631. The quantitative estimate of drug-likeness (QED) is 0.890. The van der Waals surface area contributed by atoms with Gasteiger partial charge in [-0.15, -0.1) is 0 Å². The first-order valence-electron chi connectivity index (χ1n) is 5.91. The maximum Gasteiger partial charge on any atom is 0.389 e. The number of carbonyl (C=O) groups is 1. The summed E-state index contributed by atoms with van der Waals surface area (Å²) in [6, 6.07) is 2.50. The SMILES string of the molecule is Cc1cc(S(N)(=O)=O)cc(C)c1NC(=O)CCC(F)(F)F. The van der Waals surface area contributed by atoms with Gasteiger partial charge in [0.2, 0.25) is 15.9 Å². The van der Waals surface area contributed by atoms with Gasteiger partial charge in [0.15, 0.2) is 0 Å². The summed E-state index contributed by atoms with van der Waals surface area (Å²) in [6.45, 7) is 3.06. The summed E-state index contributed by atoms with van der Waals surface area (Å²) in [6.07, 6.45) is -6.32. The highest BCUT2D eigenvalue weighted by Gasteiger charge is 2.28. The predicted octanol–water partition coefficient (Wildman–Crippen LogP) is 2.23. The number of hydrogen-bond donors (Lipinski definition) is 2. The van der Waals surface area contributed by atoms with Gasteiger partial charge in [0.1, 0.15) is 0 Å². The molecule has 0 atom stereocenters. The van der Waals surface area contributed by atoms with Crippen LogP contribution in [-0.4, -0.2) is 20.5 Å². The second-order valence-electron chi connectivity index (χ2n) is 4.64. The molecular formula is C12H15F3N2O3S. The smallest absolute Gasteiger partial charge is 0.326 e. The van der Waals surface area contributed by atoms with Gasteiger partial charge >= 0.3 is 6.18 Å². The van der Waals surface area contributed by atoms with E-state index in [-0.39, 0.29) is 10.6 Å². The van der Waals surface area contributed by atoms with Crippen molar-refractivity contribution in [2.45, 2.75) is 37.8 Å². The molecule has 0 bridgehead atoms. The monoisotopic (exact) mass is 324 g/mol. The van der Waals surface area contributed by atoms with Crippen LogP contribution in [0.2, 0.25) is 0 Å². The van der Waals surface area contributed by atoms with Gasteiger partial charge in [0.25, 0.3) is 0 Å². The Morgan fingerprint density at radius 1 is 1.24 bits per heavy atom. The second-order valence-corrected chi connectivity index (χ2v) is 6.20. The Morgan fingerprint density at radius 3 is 2.10 bits per heavy atom. The zero-order chi connectivity index (χ0) is 16.4. The average molecular weight is 324 g/mol. The molecule has 1 amide bonds. The van der Waals surface area contributed by atoms with Crippen molar-refractivity contribution in [1.82, 2.24) is 0 Å². The highest BCUT2D eigenvalue weighted by Crippen LogP contribution is 2.26. The van der Waals surface area contributed by atoms with Gasteiger partial charge < -0.3 is 5.32 Å². The molecule has 21 heavy (non-hydrogen) atoms. The minimum Gasteiger partial charge on any atom is -0.326 e. The number of aryl methyl sites for hydroxylation is 2. The Hall–Kier alpha value is -1.61. The lowest BCUT2D eigenvalue weighted by Gasteiger charge is -2.13. The zero-order valence-corrected chi connectivity index (χ0v) is 12.2. The first kappa shape index (κ1) is 17.4. The van der Waals surface area contributed by atoms with Crippen molar-refractivity contribution < 1.29 is 26.4 Å². The van der Waals surface area contributed by atoms with Gasteiger partial charge in [-0.2, -0.15) is 13.2 Å². The van der Waals surface area contributed by atoms with E-state index in [0.29, 0.717) is 11.1 Å². The van der Waals surface area contributed by atoms with Gasteiger partial charge in [-0.3, -0.25) is 4.79 Å². The van der Waals surface area contributed by atoms with Gasteiger partial charge in [0, 0.05) is 12.1 Å². The first-order chi connectivity index (χ1) is 9.40. The maximum atomic E-state index is 12.0. The number of sulfonamides is 1. The summed E-state index contributed by atoms with van der Waals surface area (Å²) in [5.74, 6) is -0.790. The fraction of sp³-hybridized carbons (Fsp3) is 0.417. The van der Waals surface area contributed by atoms with E-state index in [1.807, 2.05) is 0 Å². The van der Waals surface area contributed by atoms with Crippen molar-refractivity contribution in [3.05, 3.63) is 23.3 Å². The molecule has 1 aromatic carbocycles. The van der Waals surface area contributed by atoms with E-state index in [9.17, 15) is 26.4 Å².